The predicted molar refractivity (Wildman–Crippen MR) is 76.5 cm³/mol. The molecule has 0 saturated carbocycles. The molecule has 104 valence electrons. The second-order valence-corrected chi connectivity index (χ2v) is 5.20. The fourth-order valence-corrected chi connectivity index (χ4v) is 2.91. The zero-order valence-corrected chi connectivity index (χ0v) is 11.9. The maximum Gasteiger partial charge on any atom is 0.192 e. The van der Waals surface area contributed by atoms with Gasteiger partial charge in [-0.1, -0.05) is 26.0 Å². The molecule has 0 amide bonds. The third-order valence-corrected chi connectivity index (χ3v) is 4.19. The molecule has 1 aliphatic rings. The zero-order valence-electron chi connectivity index (χ0n) is 11.9. The number of hydrogen-bond donors (Lipinski definition) is 1. The van der Waals surface area contributed by atoms with Crippen molar-refractivity contribution < 1.29 is 4.39 Å². The third kappa shape index (κ3) is 2.20. The van der Waals surface area contributed by atoms with Crippen LogP contribution in [0.5, 0.6) is 0 Å². The number of halogens is 1. The van der Waals surface area contributed by atoms with Crippen molar-refractivity contribution in [2.75, 3.05) is 6.54 Å². The summed E-state index contributed by atoms with van der Waals surface area (Å²) in [5.74, 6) is 0.361. The molecule has 0 aromatic heterocycles. The van der Waals surface area contributed by atoms with Gasteiger partial charge >= 0.3 is 0 Å². The van der Waals surface area contributed by atoms with Gasteiger partial charge in [-0.05, 0) is 37.5 Å². The highest BCUT2D eigenvalue weighted by Crippen LogP contribution is 2.38. The van der Waals surface area contributed by atoms with Crippen LogP contribution in [0, 0.1) is 5.82 Å². The smallest absolute Gasteiger partial charge is 0.192 e. The van der Waals surface area contributed by atoms with Gasteiger partial charge in [0, 0.05) is 6.04 Å². The Kier molecular flexibility index (Phi) is 3.78. The Morgan fingerprint density at radius 2 is 2.21 bits per heavy atom. The quantitative estimate of drug-likeness (QED) is 0.907. The molecule has 1 aromatic rings. The molecule has 0 spiro atoms. The van der Waals surface area contributed by atoms with E-state index < -0.39 is 0 Å². The van der Waals surface area contributed by atoms with Crippen LogP contribution in [0.4, 0.5) is 4.39 Å². The maximum atomic E-state index is 13.5. The van der Waals surface area contributed by atoms with Crippen LogP contribution < -0.4 is 5.73 Å². The summed E-state index contributed by atoms with van der Waals surface area (Å²) in [5.41, 5.74) is 6.72. The zero-order chi connectivity index (χ0) is 14.0. The van der Waals surface area contributed by atoms with E-state index in [0.29, 0.717) is 12.5 Å². The van der Waals surface area contributed by atoms with Crippen LogP contribution in [0.1, 0.15) is 39.2 Å². The summed E-state index contributed by atoms with van der Waals surface area (Å²) in [6.07, 6.45) is 1.83. The van der Waals surface area contributed by atoms with Crippen LogP contribution in [0.3, 0.4) is 0 Å². The second kappa shape index (κ2) is 5.19. The van der Waals surface area contributed by atoms with Gasteiger partial charge in [-0.3, -0.25) is 4.99 Å². The van der Waals surface area contributed by atoms with Crippen molar-refractivity contribution in [2.24, 2.45) is 10.7 Å². The van der Waals surface area contributed by atoms with E-state index in [1.54, 1.807) is 12.1 Å². The normalized spacial score (nSPS) is 24.4. The van der Waals surface area contributed by atoms with Gasteiger partial charge in [-0.25, -0.2) is 4.39 Å². The van der Waals surface area contributed by atoms with Crippen molar-refractivity contribution >= 4 is 5.96 Å². The lowest BCUT2D eigenvalue weighted by molar-refractivity contribution is 0.146. The van der Waals surface area contributed by atoms with E-state index in [1.165, 1.54) is 6.07 Å². The number of aliphatic imine (C=N–C) groups is 1. The van der Waals surface area contributed by atoms with Gasteiger partial charge in [0.1, 0.15) is 5.82 Å². The van der Waals surface area contributed by atoms with Crippen molar-refractivity contribution in [1.82, 2.24) is 4.90 Å². The predicted octanol–water partition coefficient (Wildman–Crippen LogP) is 2.86. The number of benzene rings is 1. The second-order valence-electron chi connectivity index (χ2n) is 5.20. The van der Waals surface area contributed by atoms with Gasteiger partial charge in [0.2, 0.25) is 0 Å². The Morgan fingerprint density at radius 1 is 1.47 bits per heavy atom. The van der Waals surface area contributed by atoms with Crippen molar-refractivity contribution in [3.05, 3.63) is 35.6 Å². The number of nitrogens with two attached hydrogens (primary N) is 1. The number of guanidine groups is 1. The van der Waals surface area contributed by atoms with E-state index in [1.807, 2.05) is 6.07 Å². The van der Waals surface area contributed by atoms with E-state index in [2.05, 4.69) is 30.7 Å². The molecule has 0 aliphatic carbocycles. The van der Waals surface area contributed by atoms with E-state index in [4.69, 9.17) is 5.73 Å². The lowest BCUT2D eigenvalue weighted by Crippen LogP contribution is -2.53. The molecule has 1 heterocycles. The largest absolute Gasteiger partial charge is 0.370 e. The SMILES string of the molecule is CCC(C)N1C(N)=NCC1(CC)c1cccc(F)c1. The minimum Gasteiger partial charge on any atom is -0.370 e. The van der Waals surface area contributed by atoms with Crippen molar-refractivity contribution in [1.29, 1.82) is 0 Å². The van der Waals surface area contributed by atoms with E-state index in [9.17, 15) is 4.39 Å². The molecular weight excluding hydrogens is 241 g/mol. The van der Waals surface area contributed by atoms with Gasteiger partial charge in [-0.2, -0.15) is 0 Å². The highest BCUT2D eigenvalue weighted by atomic mass is 19.1. The molecule has 2 atom stereocenters. The van der Waals surface area contributed by atoms with Gasteiger partial charge in [-0.15, -0.1) is 0 Å². The molecule has 0 radical (unpaired) electrons. The van der Waals surface area contributed by atoms with Crippen LogP contribution in [-0.2, 0) is 5.54 Å². The first-order valence-corrected chi connectivity index (χ1v) is 6.90. The molecule has 0 saturated heterocycles. The number of rotatable bonds is 4. The van der Waals surface area contributed by atoms with Crippen LogP contribution in [0.25, 0.3) is 0 Å². The van der Waals surface area contributed by atoms with Gasteiger partial charge in [0.05, 0.1) is 12.1 Å². The number of nitrogens with zero attached hydrogens (tertiary/aromatic N) is 2. The molecule has 2 rings (SSSR count). The Labute approximate surface area is 114 Å². The highest BCUT2D eigenvalue weighted by Gasteiger charge is 2.44. The monoisotopic (exact) mass is 263 g/mol. The Hall–Kier alpha value is -1.58. The maximum absolute atomic E-state index is 13.5. The molecule has 1 aromatic carbocycles. The Morgan fingerprint density at radius 3 is 2.79 bits per heavy atom. The Bertz CT molecular complexity index is 486. The molecule has 2 unspecified atom stereocenters. The van der Waals surface area contributed by atoms with E-state index >= 15 is 0 Å². The molecule has 3 nitrogen and oxygen atoms in total. The summed E-state index contributed by atoms with van der Waals surface area (Å²) in [6.45, 7) is 6.97. The van der Waals surface area contributed by atoms with Gasteiger partial charge < -0.3 is 10.6 Å². The van der Waals surface area contributed by atoms with E-state index in [0.717, 1.165) is 18.4 Å². The molecule has 19 heavy (non-hydrogen) atoms. The molecule has 0 fully saturated rings. The third-order valence-electron chi connectivity index (χ3n) is 4.19. The summed E-state index contributed by atoms with van der Waals surface area (Å²) < 4.78 is 13.5. The van der Waals surface area contributed by atoms with Crippen LogP contribution in [0.15, 0.2) is 29.3 Å². The first-order valence-electron chi connectivity index (χ1n) is 6.90. The van der Waals surface area contributed by atoms with Crippen LogP contribution in [-0.4, -0.2) is 23.4 Å². The van der Waals surface area contributed by atoms with Gasteiger partial charge in [0.25, 0.3) is 0 Å². The summed E-state index contributed by atoms with van der Waals surface area (Å²) in [4.78, 5) is 6.57. The number of hydrogen-bond acceptors (Lipinski definition) is 3. The molecule has 1 aliphatic heterocycles. The summed E-state index contributed by atoms with van der Waals surface area (Å²) >= 11 is 0. The average molecular weight is 263 g/mol. The molecule has 4 heteroatoms. The van der Waals surface area contributed by atoms with Gasteiger partial charge in [0.15, 0.2) is 5.96 Å². The standard InChI is InChI=1S/C15H22FN3/c1-4-11(3)19-14(17)18-10-15(19,5-2)12-7-6-8-13(16)9-12/h6-9,11H,4-5,10H2,1-3H3,(H2,17,18). The Balaban J connectivity index is 2.48. The first-order chi connectivity index (χ1) is 9.05. The molecule has 2 N–H and O–H groups in total. The fraction of sp³-hybridized carbons (Fsp3) is 0.533. The van der Waals surface area contributed by atoms with Crippen molar-refractivity contribution in [2.45, 2.75) is 45.2 Å². The highest BCUT2D eigenvalue weighted by molar-refractivity contribution is 5.81. The lowest BCUT2D eigenvalue weighted by atomic mass is 9.85. The summed E-state index contributed by atoms with van der Waals surface area (Å²) in [5, 5.41) is 0. The fourth-order valence-electron chi connectivity index (χ4n) is 2.91. The minimum absolute atomic E-state index is 0.208. The van der Waals surface area contributed by atoms with Crippen molar-refractivity contribution in [3.63, 3.8) is 0 Å². The summed E-state index contributed by atoms with van der Waals surface area (Å²) in [6, 6.07) is 7.09. The van der Waals surface area contributed by atoms with Crippen LogP contribution in [0.2, 0.25) is 0 Å². The van der Waals surface area contributed by atoms with E-state index in [-0.39, 0.29) is 17.4 Å². The first kappa shape index (κ1) is 13.8. The molecule has 0 bridgehead atoms. The lowest BCUT2D eigenvalue weighted by Gasteiger charge is -2.42. The molecular formula is C15H22FN3. The van der Waals surface area contributed by atoms with Crippen molar-refractivity contribution in [3.8, 4) is 0 Å². The van der Waals surface area contributed by atoms with Crippen LogP contribution >= 0.6 is 0 Å². The average Bonchev–Trinajstić information content (AvgIpc) is 2.76. The topological polar surface area (TPSA) is 41.6 Å². The summed E-state index contributed by atoms with van der Waals surface area (Å²) in [7, 11) is 0. The minimum atomic E-state index is -0.304.